The van der Waals surface area contributed by atoms with Gasteiger partial charge in [0, 0.05) is 38.5 Å². The summed E-state index contributed by atoms with van der Waals surface area (Å²) in [6.45, 7) is 6.00. The van der Waals surface area contributed by atoms with Gasteiger partial charge in [-0.1, -0.05) is 13.8 Å². The van der Waals surface area contributed by atoms with Gasteiger partial charge in [-0.2, -0.15) is 0 Å². The van der Waals surface area contributed by atoms with Crippen LogP contribution in [0.25, 0.3) is 0 Å². The topological polar surface area (TPSA) is 35.5 Å². The van der Waals surface area contributed by atoms with Crippen LogP contribution in [0.15, 0.2) is 18.2 Å². The molecule has 0 spiro atoms. The first-order valence-corrected chi connectivity index (χ1v) is 7.38. The zero-order valence-electron chi connectivity index (χ0n) is 12.8. The maximum Gasteiger partial charge on any atom is 0.123 e. The number of rotatable bonds is 9. The predicted octanol–water partition coefficient (Wildman–Crippen LogP) is 2.92. The number of hydrogen-bond acceptors (Lipinski definition) is 3. The maximum atomic E-state index is 13.4. The summed E-state index contributed by atoms with van der Waals surface area (Å²) >= 11 is 0. The molecule has 0 bridgehead atoms. The average Bonchev–Trinajstić information content (AvgIpc) is 2.41. The number of benzene rings is 1. The molecule has 0 aliphatic rings. The van der Waals surface area contributed by atoms with Crippen LogP contribution in [0.2, 0.25) is 0 Å². The van der Waals surface area contributed by atoms with E-state index in [4.69, 9.17) is 5.11 Å². The van der Waals surface area contributed by atoms with Crippen LogP contribution in [0.3, 0.4) is 0 Å². The number of nitrogens with one attached hydrogen (secondary N) is 1. The lowest BCUT2D eigenvalue weighted by molar-refractivity contribution is 0.283. The second-order valence-electron chi connectivity index (χ2n) is 5.51. The zero-order chi connectivity index (χ0) is 15.0. The van der Waals surface area contributed by atoms with Crippen LogP contribution in [-0.2, 0) is 6.54 Å². The molecule has 0 radical (unpaired) electrons. The molecule has 1 rings (SSSR count). The Bertz CT molecular complexity index is 396. The Morgan fingerprint density at radius 3 is 2.65 bits per heavy atom. The van der Waals surface area contributed by atoms with Gasteiger partial charge in [-0.3, -0.25) is 0 Å². The molecule has 4 heteroatoms. The number of anilines is 1. The molecule has 0 fully saturated rings. The van der Waals surface area contributed by atoms with E-state index >= 15 is 0 Å². The van der Waals surface area contributed by atoms with Crippen LogP contribution in [-0.4, -0.2) is 31.3 Å². The van der Waals surface area contributed by atoms with Crippen LogP contribution >= 0.6 is 0 Å². The first-order chi connectivity index (χ1) is 9.54. The Hall–Kier alpha value is -1.13. The van der Waals surface area contributed by atoms with Crippen LogP contribution in [0.5, 0.6) is 0 Å². The summed E-state index contributed by atoms with van der Waals surface area (Å²) in [6, 6.07) is 5.34. The molecule has 0 aliphatic heterocycles. The van der Waals surface area contributed by atoms with Gasteiger partial charge in [0.25, 0.3) is 0 Å². The van der Waals surface area contributed by atoms with Crippen molar-refractivity contribution in [2.24, 2.45) is 0 Å². The normalized spacial score (nSPS) is 11.1. The maximum absolute atomic E-state index is 13.4. The second kappa shape index (κ2) is 8.93. The van der Waals surface area contributed by atoms with Crippen LogP contribution in [0.4, 0.5) is 10.1 Å². The summed E-state index contributed by atoms with van der Waals surface area (Å²) in [5, 5.41) is 12.1. The Morgan fingerprint density at radius 2 is 2.00 bits per heavy atom. The van der Waals surface area contributed by atoms with Crippen LogP contribution in [0.1, 0.15) is 38.7 Å². The third-order valence-electron chi connectivity index (χ3n) is 3.31. The van der Waals surface area contributed by atoms with Crippen molar-refractivity contribution in [1.29, 1.82) is 0 Å². The van der Waals surface area contributed by atoms with Crippen LogP contribution < -0.4 is 10.2 Å². The van der Waals surface area contributed by atoms with Crippen molar-refractivity contribution in [3.8, 4) is 0 Å². The standard InChI is InChI=1S/C16H27FN2O/c1-13(2)18-12-14-11-15(17)7-8-16(14)19(3)9-5-4-6-10-20/h7-8,11,13,18,20H,4-6,9-10,12H2,1-3H3. The van der Waals surface area contributed by atoms with Gasteiger partial charge in [-0.05, 0) is 43.0 Å². The van der Waals surface area contributed by atoms with Gasteiger partial charge in [-0.25, -0.2) is 4.39 Å². The number of nitrogens with zero attached hydrogens (tertiary/aromatic N) is 1. The van der Waals surface area contributed by atoms with E-state index < -0.39 is 0 Å². The van der Waals surface area contributed by atoms with E-state index in [1.54, 1.807) is 6.07 Å². The molecular formula is C16H27FN2O. The number of aliphatic hydroxyl groups excluding tert-OH is 1. The molecule has 20 heavy (non-hydrogen) atoms. The molecule has 114 valence electrons. The molecule has 0 atom stereocenters. The van der Waals surface area contributed by atoms with Crippen molar-refractivity contribution in [3.05, 3.63) is 29.6 Å². The van der Waals surface area contributed by atoms with E-state index in [0.29, 0.717) is 12.6 Å². The predicted molar refractivity (Wildman–Crippen MR) is 82.6 cm³/mol. The van der Waals surface area contributed by atoms with Gasteiger partial charge in [-0.15, -0.1) is 0 Å². The highest BCUT2D eigenvalue weighted by atomic mass is 19.1. The summed E-state index contributed by atoms with van der Waals surface area (Å²) in [7, 11) is 2.03. The quantitative estimate of drug-likeness (QED) is 0.684. The van der Waals surface area contributed by atoms with E-state index in [-0.39, 0.29) is 12.4 Å². The number of unbranched alkanes of at least 4 members (excludes halogenated alkanes) is 2. The zero-order valence-corrected chi connectivity index (χ0v) is 12.8. The SMILES string of the molecule is CC(C)NCc1cc(F)ccc1N(C)CCCCCO. The van der Waals surface area contributed by atoms with Gasteiger partial charge in [0.15, 0.2) is 0 Å². The molecule has 3 nitrogen and oxygen atoms in total. The van der Waals surface area contributed by atoms with Gasteiger partial charge in [0.2, 0.25) is 0 Å². The lowest BCUT2D eigenvalue weighted by Crippen LogP contribution is -2.25. The molecule has 0 amide bonds. The smallest absolute Gasteiger partial charge is 0.123 e. The highest BCUT2D eigenvalue weighted by Crippen LogP contribution is 2.21. The van der Waals surface area contributed by atoms with Crippen molar-refractivity contribution in [3.63, 3.8) is 0 Å². The molecule has 0 unspecified atom stereocenters. The van der Waals surface area contributed by atoms with Crippen LogP contribution in [0, 0.1) is 5.82 Å². The fourth-order valence-corrected chi connectivity index (χ4v) is 2.14. The van der Waals surface area contributed by atoms with E-state index in [2.05, 4.69) is 24.1 Å². The van der Waals surface area contributed by atoms with Crippen molar-refractivity contribution in [2.75, 3.05) is 25.1 Å². The third kappa shape index (κ3) is 5.88. The van der Waals surface area contributed by atoms with Crippen molar-refractivity contribution >= 4 is 5.69 Å². The minimum Gasteiger partial charge on any atom is -0.396 e. The Labute approximate surface area is 121 Å². The highest BCUT2D eigenvalue weighted by molar-refractivity contribution is 5.53. The lowest BCUT2D eigenvalue weighted by atomic mass is 10.1. The molecule has 0 aromatic heterocycles. The summed E-state index contributed by atoms with van der Waals surface area (Å²) in [6.07, 6.45) is 2.89. The summed E-state index contributed by atoms with van der Waals surface area (Å²) in [5.74, 6) is -0.192. The third-order valence-corrected chi connectivity index (χ3v) is 3.31. The van der Waals surface area contributed by atoms with E-state index in [9.17, 15) is 4.39 Å². The average molecular weight is 282 g/mol. The molecule has 0 aliphatic carbocycles. The van der Waals surface area contributed by atoms with Crippen molar-refractivity contribution < 1.29 is 9.50 Å². The van der Waals surface area contributed by atoms with E-state index in [1.165, 1.54) is 6.07 Å². The van der Waals surface area contributed by atoms with E-state index in [0.717, 1.165) is 37.1 Å². The largest absolute Gasteiger partial charge is 0.396 e. The lowest BCUT2D eigenvalue weighted by Gasteiger charge is -2.23. The number of aliphatic hydroxyl groups is 1. The first-order valence-electron chi connectivity index (χ1n) is 7.38. The summed E-state index contributed by atoms with van der Waals surface area (Å²) in [4.78, 5) is 2.16. The Balaban J connectivity index is 2.66. The molecular weight excluding hydrogens is 255 g/mol. The first kappa shape index (κ1) is 16.9. The molecule has 2 N–H and O–H groups in total. The Morgan fingerprint density at radius 1 is 1.25 bits per heavy atom. The van der Waals surface area contributed by atoms with Crippen molar-refractivity contribution in [2.45, 2.75) is 45.7 Å². The molecule has 1 aromatic carbocycles. The molecule has 0 heterocycles. The summed E-state index contributed by atoms with van der Waals surface area (Å²) < 4.78 is 13.4. The highest BCUT2D eigenvalue weighted by Gasteiger charge is 2.09. The Kier molecular flexibility index (Phi) is 7.55. The van der Waals surface area contributed by atoms with Crippen molar-refractivity contribution in [1.82, 2.24) is 5.32 Å². The number of halogens is 1. The summed E-state index contributed by atoms with van der Waals surface area (Å²) in [5.41, 5.74) is 2.06. The fourth-order valence-electron chi connectivity index (χ4n) is 2.14. The molecule has 1 aromatic rings. The van der Waals surface area contributed by atoms with Gasteiger partial charge >= 0.3 is 0 Å². The van der Waals surface area contributed by atoms with Gasteiger partial charge in [0.05, 0.1) is 0 Å². The molecule has 0 saturated carbocycles. The van der Waals surface area contributed by atoms with Gasteiger partial charge < -0.3 is 15.3 Å². The van der Waals surface area contributed by atoms with E-state index in [1.807, 2.05) is 13.1 Å². The monoisotopic (exact) mass is 282 g/mol. The van der Waals surface area contributed by atoms with Gasteiger partial charge in [0.1, 0.15) is 5.82 Å². The fraction of sp³-hybridized carbons (Fsp3) is 0.625. The second-order valence-corrected chi connectivity index (χ2v) is 5.51. The number of hydrogen-bond donors (Lipinski definition) is 2. The minimum absolute atomic E-state index is 0.192. The minimum atomic E-state index is -0.192. The molecule has 0 saturated heterocycles.